The Morgan fingerprint density at radius 2 is 1.94 bits per heavy atom. The summed E-state index contributed by atoms with van der Waals surface area (Å²) in [5.74, 6) is 0.399. The van der Waals surface area contributed by atoms with E-state index in [9.17, 15) is 8.78 Å². The van der Waals surface area contributed by atoms with Gasteiger partial charge >= 0.3 is 0 Å². The first-order valence-corrected chi connectivity index (χ1v) is 10.9. The fourth-order valence-corrected chi connectivity index (χ4v) is 4.29. The Bertz CT molecular complexity index is 1270. The van der Waals surface area contributed by atoms with Gasteiger partial charge in [0.2, 0.25) is 5.84 Å². The Kier molecular flexibility index (Phi) is 5.69. The van der Waals surface area contributed by atoms with Crippen LogP contribution in [-0.4, -0.2) is 46.7 Å². The maximum atomic E-state index is 13.9. The van der Waals surface area contributed by atoms with Crippen LogP contribution in [0.3, 0.4) is 0 Å². The number of methoxy groups -OCH3 is 1. The normalized spacial score (nSPS) is 20.9. The number of fused-ring (bicyclic) bond motifs is 1. The van der Waals surface area contributed by atoms with Gasteiger partial charge in [0.1, 0.15) is 30.1 Å². The number of nitrogens with zero attached hydrogens (tertiary/aromatic N) is 4. The number of oxime groups is 1. The first kappa shape index (κ1) is 21.9. The number of benzene rings is 2. The third kappa shape index (κ3) is 4.21. The minimum Gasteiger partial charge on any atom is -0.495 e. The summed E-state index contributed by atoms with van der Waals surface area (Å²) in [5.41, 5.74) is 3.08. The van der Waals surface area contributed by atoms with Crippen molar-refractivity contribution in [3.05, 3.63) is 83.1 Å². The van der Waals surface area contributed by atoms with Crippen LogP contribution in [0.25, 0.3) is 11.8 Å². The van der Waals surface area contributed by atoms with Crippen molar-refractivity contribution >= 4 is 11.9 Å². The summed E-state index contributed by atoms with van der Waals surface area (Å²) in [5, 5.41) is 4.21. The van der Waals surface area contributed by atoms with Crippen LogP contribution >= 0.6 is 0 Å². The molecule has 0 aliphatic carbocycles. The van der Waals surface area contributed by atoms with Crippen LogP contribution in [0, 0.1) is 18.6 Å². The second-order valence-corrected chi connectivity index (χ2v) is 8.37. The van der Waals surface area contributed by atoms with Crippen molar-refractivity contribution in [1.29, 1.82) is 0 Å². The highest BCUT2D eigenvalue weighted by Gasteiger charge is 2.37. The maximum Gasteiger partial charge on any atom is 0.211 e. The zero-order valence-electron chi connectivity index (χ0n) is 19.0. The number of imidazole rings is 1. The van der Waals surface area contributed by atoms with Crippen LogP contribution in [0.1, 0.15) is 29.8 Å². The predicted molar refractivity (Wildman–Crippen MR) is 123 cm³/mol. The van der Waals surface area contributed by atoms with Gasteiger partial charge in [-0.3, -0.25) is 0 Å². The standard InChI is InChI=1S/C25H24F2N4O3/c1-15-11-30(14-28-15)21-5-4-17(6-23(21)32-3)7-24-25-29-33-13-22(31(25)12-16(2)34-24)18-8-19(26)10-20(27)9-18/h4-11,14,16,22H,12-13H2,1-3H3/b24-7-. The fraction of sp³-hybridized carbons (Fsp3) is 0.280. The van der Waals surface area contributed by atoms with Crippen molar-refractivity contribution in [2.24, 2.45) is 5.16 Å². The molecule has 2 unspecified atom stereocenters. The molecule has 2 aliphatic heterocycles. The summed E-state index contributed by atoms with van der Waals surface area (Å²) < 4.78 is 41.4. The van der Waals surface area contributed by atoms with Gasteiger partial charge in [-0.2, -0.15) is 0 Å². The molecule has 5 rings (SSSR count). The van der Waals surface area contributed by atoms with Gasteiger partial charge in [0.05, 0.1) is 37.4 Å². The van der Waals surface area contributed by atoms with E-state index in [1.165, 1.54) is 12.1 Å². The largest absolute Gasteiger partial charge is 0.495 e. The SMILES string of the molecule is COc1cc(/C=C2\OC(C)CN3C2=NOCC3c2cc(F)cc(F)c2)ccc1-n1cnc(C)c1. The molecule has 176 valence electrons. The van der Waals surface area contributed by atoms with Crippen LogP contribution in [0.5, 0.6) is 5.75 Å². The van der Waals surface area contributed by atoms with Crippen LogP contribution < -0.4 is 4.74 Å². The molecular formula is C25H24F2N4O3. The Hall–Kier alpha value is -3.88. The van der Waals surface area contributed by atoms with Gasteiger partial charge in [-0.05, 0) is 55.3 Å². The van der Waals surface area contributed by atoms with Gasteiger partial charge in [-0.15, -0.1) is 0 Å². The summed E-state index contributed by atoms with van der Waals surface area (Å²) in [6, 6.07) is 8.89. The summed E-state index contributed by atoms with van der Waals surface area (Å²) in [6.07, 6.45) is 5.34. The molecule has 0 bridgehead atoms. The van der Waals surface area contributed by atoms with Crippen molar-refractivity contribution < 1.29 is 23.1 Å². The van der Waals surface area contributed by atoms with Crippen molar-refractivity contribution in [3.63, 3.8) is 0 Å². The third-order valence-corrected chi connectivity index (χ3v) is 5.80. The van der Waals surface area contributed by atoms with Crippen LogP contribution in [-0.2, 0) is 9.57 Å². The van der Waals surface area contributed by atoms with Gasteiger partial charge in [0, 0.05) is 12.3 Å². The predicted octanol–water partition coefficient (Wildman–Crippen LogP) is 4.61. The van der Waals surface area contributed by atoms with E-state index in [0.717, 1.165) is 23.0 Å². The first-order chi connectivity index (χ1) is 16.4. The fourth-order valence-electron chi connectivity index (χ4n) is 4.29. The van der Waals surface area contributed by atoms with Gasteiger partial charge in [-0.25, -0.2) is 13.8 Å². The molecule has 7 nitrogen and oxygen atoms in total. The van der Waals surface area contributed by atoms with Gasteiger partial charge in [0.25, 0.3) is 0 Å². The maximum absolute atomic E-state index is 13.9. The lowest BCUT2D eigenvalue weighted by atomic mass is 10.0. The Labute approximate surface area is 195 Å². The number of morpholine rings is 1. The van der Waals surface area contributed by atoms with E-state index in [4.69, 9.17) is 14.3 Å². The van der Waals surface area contributed by atoms with Crippen LogP contribution in [0.2, 0.25) is 0 Å². The molecule has 34 heavy (non-hydrogen) atoms. The second kappa shape index (κ2) is 8.81. The molecule has 2 atom stereocenters. The molecule has 0 N–H and O–H groups in total. The third-order valence-electron chi connectivity index (χ3n) is 5.80. The average molecular weight is 466 g/mol. The Morgan fingerprint density at radius 3 is 2.65 bits per heavy atom. The lowest BCUT2D eigenvalue weighted by Gasteiger charge is -2.42. The molecule has 0 radical (unpaired) electrons. The average Bonchev–Trinajstić information content (AvgIpc) is 3.24. The highest BCUT2D eigenvalue weighted by Crippen LogP contribution is 2.33. The Morgan fingerprint density at radius 1 is 1.15 bits per heavy atom. The molecule has 3 heterocycles. The van der Waals surface area contributed by atoms with E-state index in [0.29, 0.717) is 29.5 Å². The molecule has 1 aromatic heterocycles. The number of amidine groups is 1. The smallest absolute Gasteiger partial charge is 0.211 e. The van der Waals surface area contributed by atoms with E-state index in [2.05, 4.69) is 10.1 Å². The summed E-state index contributed by atoms with van der Waals surface area (Å²) in [7, 11) is 1.61. The number of aromatic nitrogens is 2. The van der Waals surface area contributed by atoms with E-state index < -0.39 is 17.7 Å². The van der Waals surface area contributed by atoms with Crippen molar-refractivity contribution in [1.82, 2.24) is 14.5 Å². The topological polar surface area (TPSA) is 61.1 Å². The molecule has 2 aliphatic rings. The molecule has 3 aromatic rings. The summed E-state index contributed by atoms with van der Waals surface area (Å²) in [6.45, 7) is 4.55. The lowest BCUT2D eigenvalue weighted by Crippen LogP contribution is -2.49. The molecule has 0 saturated carbocycles. The first-order valence-electron chi connectivity index (χ1n) is 10.9. The van der Waals surface area contributed by atoms with Crippen molar-refractivity contribution in [2.45, 2.75) is 26.0 Å². The number of halogens is 2. The monoisotopic (exact) mass is 466 g/mol. The van der Waals surface area contributed by atoms with E-state index >= 15 is 0 Å². The molecule has 1 saturated heterocycles. The quantitative estimate of drug-likeness (QED) is 0.562. The second-order valence-electron chi connectivity index (χ2n) is 8.37. The van der Waals surface area contributed by atoms with Crippen molar-refractivity contribution in [3.8, 4) is 11.4 Å². The number of aryl methyl sites for hydroxylation is 1. The number of ether oxygens (including phenoxy) is 2. The highest BCUT2D eigenvalue weighted by molar-refractivity contribution is 6.01. The number of hydrogen-bond acceptors (Lipinski definition) is 6. The molecule has 0 spiro atoms. The zero-order valence-corrected chi connectivity index (χ0v) is 19.0. The van der Waals surface area contributed by atoms with E-state index in [-0.39, 0.29) is 12.7 Å². The van der Waals surface area contributed by atoms with Gasteiger partial charge in [-0.1, -0.05) is 11.2 Å². The minimum atomic E-state index is -0.628. The van der Waals surface area contributed by atoms with Crippen LogP contribution in [0.4, 0.5) is 8.78 Å². The zero-order chi connectivity index (χ0) is 23.8. The molecule has 1 fully saturated rings. The van der Waals surface area contributed by atoms with Crippen LogP contribution in [0.15, 0.2) is 59.8 Å². The molecular weight excluding hydrogens is 442 g/mol. The molecule has 9 heteroatoms. The number of hydrogen-bond donors (Lipinski definition) is 0. The number of rotatable bonds is 4. The molecule has 2 aromatic carbocycles. The molecule has 0 amide bonds. The summed E-state index contributed by atoms with van der Waals surface area (Å²) in [4.78, 5) is 11.7. The van der Waals surface area contributed by atoms with Gasteiger partial charge in [0.15, 0.2) is 5.76 Å². The van der Waals surface area contributed by atoms with E-state index in [1.54, 1.807) is 13.4 Å². The van der Waals surface area contributed by atoms with E-state index in [1.807, 2.05) is 53.8 Å². The summed E-state index contributed by atoms with van der Waals surface area (Å²) >= 11 is 0. The lowest BCUT2D eigenvalue weighted by molar-refractivity contribution is 0.0121. The minimum absolute atomic E-state index is 0.167. The highest BCUT2D eigenvalue weighted by atomic mass is 19.1. The Balaban J connectivity index is 1.49. The van der Waals surface area contributed by atoms with Crippen molar-refractivity contribution in [2.75, 3.05) is 20.3 Å². The van der Waals surface area contributed by atoms with Gasteiger partial charge < -0.3 is 23.8 Å².